The largest absolute Gasteiger partial charge is 0.491 e. The second-order valence-corrected chi connectivity index (χ2v) is 16.1. The lowest BCUT2D eigenvalue weighted by molar-refractivity contribution is -0.137. The minimum atomic E-state index is -3.52. The van der Waals surface area contributed by atoms with Gasteiger partial charge in [0.15, 0.2) is 5.75 Å². The maximum atomic E-state index is 13.0. The molecule has 15 nitrogen and oxygen atoms in total. The summed E-state index contributed by atoms with van der Waals surface area (Å²) in [5.41, 5.74) is 3.49. The molecular formula is C39H38ClN7O8S. The normalized spacial score (nSPS) is 15.4. The van der Waals surface area contributed by atoms with Crippen LogP contribution in [0.2, 0.25) is 5.02 Å². The first-order valence-electron chi connectivity index (χ1n) is 17.6. The summed E-state index contributed by atoms with van der Waals surface area (Å²) in [6.45, 7) is 4.40. The van der Waals surface area contributed by atoms with Gasteiger partial charge in [0.2, 0.25) is 33.7 Å². The second-order valence-electron chi connectivity index (χ2n) is 13.9. The molecule has 1 unspecified atom stereocenters. The molecule has 1 fully saturated rings. The van der Waals surface area contributed by atoms with Crippen LogP contribution in [0.25, 0.3) is 0 Å². The van der Waals surface area contributed by atoms with Gasteiger partial charge in [-0.3, -0.25) is 29.2 Å². The van der Waals surface area contributed by atoms with Gasteiger partial charge in [0.25, 0.3) is 5.91 Å². The smallest absolute Gasteiger partial charge is 0.255 e. The van der Waals surface area contributed by atoms with E-state index >= 15 is 0 Å². The second kappa shape index (κ2) is 16.4. The maximum absolute atomic E-state index is 13.0. The van der Waals surface area contributed by atoms with E-state index in [2.05, 4.69) is 31.4 Å². The van der Waals surface area contributed by atoms with Gasteiger partial charge in [-0.05, 0) is 78.1 Å². The quantitative estimate of drug-likeness (QED) is 0.116. The summed E-state index contributed by atoms with van der Waals surface area (Å²) >= 11 is 6.67. The Labute approximate surface area is 328 Å². The number of aromatic nitrogens is 2. The Hall–Kier alpha value is -6.05. The number of amides is 4. The summed E-state index contributed by atoms with van der Waals surface area (Å²) in [6.07, 6.45) is 3.32. The Bertz CT molecular complexity index is 2360. The van der Waals surface area contributed by atoms with Gasteiger partial charge in [-0.25, -0.2) is 18.4 Å². The highest BCUT2D eigenvalue weighted by Gasteiger charge is 2.39. The number of hydrogen-bond donors (Lipinski definition) is 3. The van der Waals surface area contributed by atoms with Crippen molar-refractivity contribution in [3.05, 3.63) is 105 Å². The number of nitrogens with one attached hydrogen (secondary N) is 3. The summed E-state index contributed by atoms with van der Waals surface area (Å²) < 4.78 is 37.0. The lowest BCUT2D eigenvalue weighted by Crippen LogP contribution is -2.52. The van der Waals surface area contributed by atoms with E-state index in [0.717, 1.165) is 17.4 Å². The van der Waals surface area contributed by atoms with Crippen molar-refractivity contribution in [2.24, 2.45) is 0 Å². The molecule has 3 N–H and O–H groups in total. The van der Waals surface area contributed by atoms with Crippen molar-refractivity contribution in [2.75, 3.05) is 22.9 Å². The Morgan fingerprint density at radius 2 is 1.84 bits per heavy atom. The fourth-order valence-corrected chi connectivity index (χ4v) is 7.15. The summed E-state index contributed by atoms with van der Waals surface area (Å²) in [5, 5.41) is 15.4. The highest BCUT2D eigenvalue weighted by molar-refractivity contribution is 7.92. The average molecular weight is 800 g/mol. The Morgan fingerprint density at radius 1 is 1.07 bits per heavy atom. The number of fused-ring (bicyclic) bond motifs is 1. The van der Waals surface area contributed by atoms with Gasteiger partial charge in [0.05, 0.1) is 29.1 Å². The van der Waals surface area contributed by atoms with Crippen LogP contribution < -0.4 is 24.8 Å². The molecular weight excluding hydrogens is 762 g/mol. The number of nitriles is 1. The minimum Gasteiger partial charge on any atom is -0.491 e. The maximum Gasteiger partial charge on any atom is 0.255 e. The number of nitrogens with zero attached hydrogens (tertiary/aromatic N) is 4. The van der Waals surface area contributed by atoms with Crippen molar-refractivity contribution in [1.82, 2.24) is 20.2 Å². The lowest BCUT2D eigenvalue weighted by atomic mass is 9.77. The van der Waals surface area contributed by atoms with E-state index in [4.69, 9.17) is 21.1 Å². The number of rotatable bonds is 14. The van der Waals surface area contributed by atoms with Crippen molar-refractivity contribution in [3.63, 3.8) is 0 Å². The first-order chi connectivity index (χ1) is 26.6. The molecule has 4 aromatic rings. The molecule has 3 heterocycles. The monoisotopic (exact) mass is 799 g/mol. The highest BCUT2D eigenvalue weighted by atomic mass is 35.5. The van der Waals surface area contributed by atoms with Crippen LogP contribution in [-0.2, 0) is 43.0 Å². The number of sulfonamides is 1. The zero-order valence-electron chi connectivity index (χ0n) is 30.7. The van der Waals surface area contributed by atoms with Crippen LogP contribution in [0.15, 0.2) is 66.9 Å². The zero-order chi connectivity index (χ0) is 40.2. The number of carbonyl (C=O) groups excluding carboxylic acids is 4. The third kappa shape index (κ3) is 9.24. The van der Waals surface area contributed by atoms with Crippen LogP contribution in [0.3, 0.4) is 0 Å². The van der Waals surface area contributed by atoms with E-state index < -0.39 is 27.4 Å². The standard InChI is InChI=1S/C39H38ClN7O8S/c1-39(2,25-6-9-29(10-7-25)55-22-28-14-15-42-38(44-28)46-56(3,52)53)26-17-23(20-41)35(31(40)19-26)54-16-4-5-33(48)43-27-8-11-30-24(18-27)21-47(37(30)51)32-12-13-34(49)45-36(32)50/h6-11,14-15,17-19,32H,4-5,12-13,16,21-22H2,1-3H3,(H,43,48)(H,42,44,46)(H,45,49,50). The third-order valence-corrected chi connectivity index (χ3v) is 10.3. The fourth-order valence-electron chi connectivity index (χ4n) is 6.45. The Kier molecular flexibility index (Phi) is 11.6. The number of hydrogen-bond acceptors (Lipinski definition) is 11. The van der Waals surface area contributed by atoms with E-state index in [-0.39, 0.29) is 79.0 Å². The molecule has 0 spiro atoms. The number of imide groups is 1. The Balaban J connectivity index is 1.01. The number of carbonyl (C=O) groups is 4. The number of benzene rings is 3. The molecule has 3 aromatic carbocycles. The first-order valence-corrected chi connectivity index (χ1v) is 19.9. The van der Waals surface area contributed by atoms with Crippen LogP contribution in [0, 0.1) is 11.3 Å². The SMILES string of the molecule is CC(C)(c1ccc(OCc2ccnc(NS(C)(=O)=O)n2)cc1)c1cc(Cl)c(OCCCC(=O)Nc2ccc3c(c2)CN(C2CCC(=O)NC2=O)C3=O)c(C#N)c1. The molecule has 0 radical (unpaired) electrons. The zero-order valence-corrected chi connectivity index (χ0v) is 32.3. The first kappa shape index (κ1) is 39.6. The summed E-state index contributed by atoms with van der Waals surface area (Å²) in [5.74, 6) is -0.666. The van der Waals surface area contributed by atoms with Crippen LogP contribution in [0.5, 0.6) is 11.5 Å². The van der Waals surface area contributed by atoms with Crippen molar-refractivity contribution < 1.29 is 37.1 Å². The van der Waals surface area contributed by atoms with Gasteiger partial charge < -0.3 is 19.7 Å². The van der Waals surface area contributed by atoms with E-state index in [1.165, 1.54) is 11.1 Å². The molecule has 2 aliphatic rings. The third-order valence-electron chi connectivity index (χ3n) is 9.44. The predicted octanol–water partition coefficient (Wildman–Crippen LogP) is 4.84. The topological polar surface area (TPSA) is 210 Å². The van der Waals surface area contributed by atoms with Crippen LogP contribution in [0.1, 0.15) is 77.8 Å². The number of anilines is 2. The summed E-state index contributed by atoms with van der Waals surface area (Å²) in [6, 6.07) is 18.9. The summed E-state index contributed by atoms with van der Waals surface area (Å²) in [7, 11) is -3.52. The van der Waals surface area contributed by atoms with Gasteiger partial charge in [0, 0.05) is 42.2 Å². The van der Waals surface area contributed by atoms with Crippen LogP contribution in [-0.4, -0.2) is 65.8 Å². The molecule has 56 heavy (non-hydrogen) atoms. The number of ether oxygens (including phenoxy) is 2. The molecule has 17 heteroatoms. The van der Waals surface area contributed by atoms with E-state index in [1.54, 1.807) is 48.5 Å². The minimum absolute atomic E-state index is 0.0441. The van der Waals surface area contributed by atoms with Gasteiger partial charge in [0.1, 0.15) is 24.5 Å². The van der Waals surface area contributed by atoms with Gasteiger partial charge >= 0.3 is 0 Å². The van der Waals surface area contributed by atoms with Crippen molar-refractivity contribution >= 4 is 56.9 Å². The molecule has 0 saturated carbocycles. The molecule has 0 bridgehead atoms. The van der Waals surface area contributed by atoms with Gasteiger partial charge in [-0.2, -0.15) is 5.26 Å². The molecule has 1 atom stereocenters. The van der Waals surface area contributed by atoms with E-state index in [0.29, 0.717) is 34.7 Å². The van der Waals surface area contributed by atoms with Gasteiger partial charge in [-0.1, -0.05) is 37.6 Å². The number of halogens is 1. The average Bonchev–Trinajstić information content (AvgIpc) is 3.47. The molecule has 1 saturated heterocycles. The predicted molar refractivity (Wildman–Crippen MR) is 205 cm³/mol. The van der Waals surface area contributed by atoms with Crippen molar-refractivity contribution in [1.29, 1.82) is 5.26 Å². The Morgan fingerprint density at radius 3 is 2.55 bits per heavy atom. The lowest BCUT2D eigenvalue weighted by Gasteiger charge is -2.29. The van der Waals surface area contributed by atoms with Crippen LogP contribution in [0.4, 0.5) is 11.6 Å². The molecule has 1 aromatic heterocycles. The van der Waals surface area contributed by atoms with E-state index in [1.807, 2.05) is 26.0 Å². The molecule has 0 aliphatic carbocycles. The molecule has 290 valence electrons. The van der Waals surface area contributed by atoms with E-state index in [9.17, 15) is 32.9 Å². The van der Waals surface area contributed by atoms with Crippen LogP contribution >= 0.6 is 11.6 Å². The molecule has 4 amide bonds. The fraction of sp³-hybridized carbons (Fsp3) is 0.308. The van der Waals surface area contributed by atoms with Crippen molar-refractivity contribution in [2.45, 2.75) is 64.1 Å². The molecule has 6 rings (SSSR count). The number of piperidine rings is 1. The highest BCUT2D eigenvalue weighted by Crippen LogP contribution is 2.39. The molecule has 2 aliphatic heterocycles. The van der Waals surface area contributed by atoms with Gasteiger partial charge in [-0.15, -0.1) is 0 Å². The summed E-state index contributed by atoms with van der Waals surface area (Å²) in [4.78, 5) is 59.1. The van der Waals surface area contributed by atoms with Crippen molar-refractivity contribution in [3.8, 4) is 17.6 Å².